The molecule has 0 spiro atoms. The number of methoxy groups -OCH3 is 1. The van der Waals surface area contributed by atoms with Crippen LogP contribution in [0.25, 0.3) is 0 Å². The third kappa shape index (κ3) is 5.48. The Kier molecular flexibility index (Phi) is 5.58. The average Bonchev–Trinajstić information content (AvgIpc) is 2.53. The first kappa shape index (κ1) is 18.2. The van der Waals surface area contributed by atoms with E-state index in [1.807, 2.05) is 0 Å². The van der Waals surface area contributed by atoms with Crippen LogP contribution < -0.4 is 20.5 Å². The van der Waals surface area contributed by atoms with Crippen LogP contribution in [0.4, 0.5) is 18.9 Å². The molecule has 0 aliphatic heterocycles. The van der Waals surface area contributed by atoms with Crippen LogP contribution in [-0.2, 0) is 6.54 Å². The fourth-order valence-electron chi connectivity index (χ4n) is 1.97. The zero-order valence-electron chi connectivity index (χ0n) is 13.2. The smallest absolute Gasteiger partial charge is 0.504 e. The van der Waals surface area contributed by atoms with E-state index >= 15 is 0 Å². The number of rotatable bonds is 5. The molecule has 0 bridgehead atoms. The number of aliphatic imine (C=N–C) groups is 1. The maximum atomic E-state index is 12.4. The number of guanidine groups is 1. The largest absolute Gasteiger partial charge is 0.573 e. The van der Waals surface area contributed by atoms with Crippen molar-refractivity contribution in [3.8, 4) is 17.2 Å². The Labute approximate surface area is 141 Å². The lowest BCUT2D eigenvalue weighted by Gasteiger charge is -2.14. The highest BCUT2D eigenvalue weighted by molar-refractivity contribution is 5.93. The molecule has 0 unspecified atom stereocenters. The third-order valence-corrected chi connectivity index (χ3v) is 3.05. The Morgan fingerprint density at radius 2 is 1.92 bits per heavy atom. The van der Waals surface area contributed by atoms with E-state index < -0.39 is 12.1 Å². The topological polar surface area (TPSA) is 89.1 Å². The molecule has 25 heavy (non-hydrogen) atoms. The van der Waals surface area contributed by atoms with E-state index in [0.717, 1.165) is 6.07 Å². The molecule has 2 rings (SSSR count). The number of nitrogens with two attached hydrogens (primary N) is 1. The molecule has 4 N–H and O–H groups in total. The summed E-state index contributed by atoms with van der Waals surface area (Å²) >= 11 is 0. The number of hydrogen-bond acceptors (Lipinski definition) is 4. The number of ether oxygens (including phenoxy) is 2. The first-order chi connectivity index (χ1) is 11.8. The van der Waals surface area contributed by atoms with Gasteiger partial charge in [-0.25, -0.2) is 4.99 Å². The maximum Gasteiger partial charge on any atom is 0.573 e. The minimum absolute atomic E-state index is 0.0265. The standard InChI is InChI=1S/C16H16F3N3O3/c1-24-14-7-6-10(8-12(14)23)9-21-15(20)22-11-4-2-3-5-13(11)25-16(17,18)19/h2-8,23H,9H2,1H3,(H3,20,21,22). The van der Waals surface area contributed by atoms with Crippen molar-refractivity contribution in [2.45, 2.75) is 12.9 Å². The second-order valence-electron chi connectivity index (χ2n) is 4.88. The van der Waals surface area contributed by atoms with Crippen molar-refractivity contribution in [1.82, 2.24) is 0 Å². The van der Waals surface area contributed by atoms with Crippen molar-refractivity contribution >= 4 is 11.6 Å². The number of anilines is 1. The van der Waals surface area contributed by atoms with E-state index in [0.29, 0.717) is 11.3 Å². The predicted molar refractivity (Wildman–Crippen MR) is 86.7 cm³/mol. The van der Waals surface area contributed by atoms with Crippen LogP contribution in [0.2, 0.25) is 0 Å². The van der Waals surface area contributed by atoms with Crippen LogP contribution in [-0.4, -0.2) is 24.5 Å². The molecule has 0 amide bonds. The van der Waals surface area contributed by atoms with Gasteiger partial charge in [0.1, 0.15) is 0 Å². The van der Waals surface area contributed by atoms with Gasteiger partial charge in [-0.15, -0.1) is 13.2 Å². The molecule has 6 nitrogen and oxygen atoms in total. The third-order valence-electron chi connectivity index (χ3n) is 3.05. The summed E-state index contributed by atoms with van der Waals surface area (Å²) in [5.74, 6) is -0.258. The van der Waals surface area contributed by atoms with E-state index in [1.165, 1.54) is 31.4 Å². The van der Waals surface area contributed by atoms with Gasteiger partial charge in [-0.2, -0.15) is 0 Å². The number of halogens is 3. The van der Waals surface area contributed by atoms with Crippen LogP contribution in [0.3, 0.4) is 0 Å². The van der Waals surface area contributed by atoms with Gasteiger partial charge in [-0.05, 0) is 29.8 Å². The summed E-state index contributed by atoms with van der Waals surface area (Å²) in [6, 6.07) is 10.2. The van der Waals surface area contributed by atoms with Crippen molar-refractivity contribution in [3.05, 3.63) is 48.0 Å². The zero-order valence-corrected chi connectivity index (χ0v) is 13.2. The minimum atomic E-state index is -4.82. The molecular weight excluding hydrogens is 339 g/mol. The fourth-order valence-corrected chi connectivity index (χ4v) is 1.97. The second-order valence-corrected chi connectivity index (χ2v) is 4.88. The molecule has 9 heteroatoms. The highest BCUT2D eigenvalue weighted by Gasteiger charge is 2.32. The van der Waals surface area contributed by atoms with Gasteiger partial charge >= 0.3 is 6.36 Å². The Morgan fingerprint density at radius 1 is 1.20 bits per heavy atom. The molecule has 0 atom stereocenters. The predicted octanol–water partition coefficient (Wildman–Crippen LogP) is 3.23. The van der Waals surface area contributed by atoms with E-state index in [9.17, 15) is 18.3 Å². The molecule has 0 saturated heterocycles. The highest BCUT2D eigenvalue weighted by Crippen LogP contribution is 2.30. The molecular formula is C16H16F3N3O3. The molecule has 0 heterocycles. The van der Waals surface area contributed by atoms with Crippen molar-refractivity contribution in [3.63, 3.8) is 0 Å². The number of para-hydroxylation sites is 2. The number of phenolic OH excluding ortho intramolecular Hbond substituents is 1. The number of phenols is 1. The molecule has 0 aliphatic carbocycles. The van der Waals surface area contributed by atoms with Gasteiger partial charge in [0.25, 0.3) is 0 Å². The van der Waals surface area contributed by atoms with Crippen LogP contribution in [0.5, 0.6) is 17.2 Å². The van der Waals surface area contributed by atoms with Gasteiger partial charge in [-0.1, -0.05) is 18.2 Å². The summed E-state index contributed by atoms with van der Waals surface area (Å²) in [6.07, 6.45) is -4.82. The first-order valence-corrected chi connectivity index (χ1v) is 7.06. The van der Waals surface area contributed by atoms with Crippen LogP contribution >= 0.6 is 0 Å². The number of aromatic hydroxyl groups is 1. The molecule has 0 aromatic heterocycles. The van der Waals surface area contributed by atoms with Crippen LogP contribution in [0.1, 0.15) is 5.56 Å². The van der Waals surface area contributed by atoms with E-state index in [-0.39, 0.29) is 23.9 Å². The molecule has 0 fully saturated rings. The summed E-state index contributed by atoms with van der Waals surface area (Å²) in [5.41, 5.74) is 6.36. The van der Waals surface area contributed by atoms with Crippen LogP contribution in [0, 0.1) is 0 Å². The Hall–Kier alpha value is -3.10. The molecule has 2 aromatic rings. The lowest BCUT2D eigenvalue weighted by Crippen LogP contribution is -2.24. The highest BCUT2D eigenvalue weighted by atomic mass is 19.4. The minimum Gasteiger partial charge on any atom is -0.504 e. The first-order valence-electron chi connectivity index (χ1n) is 7.06. The molecule has 134 valence electrons. The Bertz CT molecular complexity index is 764. The van der Waals surface area contributed by atoms with Gasteiger partial charge in [0.15, 0.2) is 23.2 Å². The zero-order chi connectivity index (χ0) is 18.4. The summed E-state index contributed by atoms with van der Waals surface area (Å²) in [5, 5.41) is 12.2. The van der Waals surface area contributed by atoms with Crippen molar-refractivity contribution in [2.24, 2.45) is 10.7 Å². The number of hydrogen-bond donors (Lipinski definition) is 3. The van der Waals surface area contributed by atoms with Crippen molar-refractivity contribution < 1.29 is 27.8 Å². The summed E-state index contributed by atoms with van der Waals surface area (Å²) in [6.45, 7) is 0.110. The number of nitrogens with one attached hydrogen (secondary N) is 1. The van der Waals surface area contributed by atoms with E-state index in [1.54, 1.807) is 12.1 Å². The lowest BCUT2D eigenvalue weighted by molar-refractivity contribution is -0.274. The fraction of sp³-hybridized carbons (Fsp3) is 0.188. The molecule has 0 aliphatic rings. The molecule has 2 aromatic carbocycles. The van der Waals surface area contributed by atoms with Gasteiger partial charge in [0.2, 0.25) is 0 Å². The van der Waals surface area contributed by atoms with Gasteiger partial charge in [-0.3, -0.25) is 0 Å². The summed E-state index contributed by atoms with van der Waals surface area (Å²) in [7, 11) is 1.43. The normalized spacial score (nSPS) is 11.9. The summed E-state index contributed by atoms with van der Waals surface area (Å²) < 4.78 is 46.0. The lowest BCUT2D eigenvalue weighted by atomic mass is 10.2. The molecule has 0 saturated carbocycles. The Morgan fingerprint density at radius 3 is 2.56 bits per heavy atom. The number of alkyl halides is 3. The van der Waals surface area contributed by atoms with E-state index in [2.05, 4.69) is 15.0 Å². The molecule has 0 radical (unpaired) electrons. The van der Waals surface area contributed by atoms with Gasteiger partial charge < -0.3 is 25.6 Å². The van der Waals surface area contributed by atoms with Crippen molar-refractivity contribution in [1.29, 1.82) is 0 Å². The quantitative estimate of drug-likeness (QED) is 0.566. The Balaban J connectivity index is 2.08. The van der Waals surface area contributed by atoms with Crippen LogP contribution in [0.15, 0.2) is 47.5 Å². The maximum absolute atomic E-state index is 12.4. The summed E-state index contributed by atoms with van der Waals surface area (Å²) in [4.78, 5) is 4.02. The number of benzene rings is 2. The number of nitrogens with zero attached hydrogens (tertiary/aromatic N) is 1. The van der Waals surface area contributed by atoms with E-state index in [4.69, 9.17) is 10.5 Å². The SMILES string of the molecule is COc1ccc(CN=C(N)Nc2ccccc2OC(F)(F)F)cc1O. The van der Waals surface area contributed by atoms with Gasteiger partial charge in [0.05, 0.1) is 19.3 Å². The average molecular weight is 355 g/mol. The van der Waals surface area contributed by atoms with Crippen molar-refractivity contribution in [2.75, 3.05) is 12.4 Å². The second kappa shape index (κ2) is 7.65. The monoisotopic (exact) mass is 355 g/mol. The van der Waals surface area contributed by atoms with Gasteiger partial charge in [0, 0.05) is 0 Å².